The molecule has 1 aromatic heterocycles. The lowest BCUT2D eigenvalue weighted by molar-refractivity contribution is -0.641. The smallest absolute Gasteiger partial charge is 0.302 e. The van der Waals surface area contributed by atoms with Crippen molar-refractivity contribution in [2.24, 2.45) is 0 Å². The van der Waals surface area contributed by atoms with E-state index in [9.17, 15) is 15.3 Å². The number of nitrogens with zero attached hydrogens (tertiary/aromatic N) is 4. The van der Waals surface area contributed by atoms with E-state index in [1.54, 1.807) is 6.07 Å². The first-order chi connectivity index (χ1) is 10.9. The second-order valence-corrected chi connectivity index (χ2v) is 5.23. The summed E-state index contributed by atoms with van der Waals surface area (Å²) in [6.07, 6.45) is 0. The van der Waals surface area contributed by atoms with Gasteiger partial charge in [0, 0.05) is 12.1 Å². The molecule has 0 atom stereocenters. The van der Waals surface area contributed by atoms with Gasteiger partial charge in [0.1, 0.15) is 0 Å². The third-order valence-electron chi connectivity index (χ3n) is 3.66. The van der Waals surface area contributed by atoms with Crippen molar-refractivity contribution in [1.82, 2.24) is 10.1 Å². The van der Waals surface area contributed by atoms with Crippen LogP contribution in [0.5, 0.6) is 0 Å². The number of rotatable bonds is 2. The van der Waals surface area contributed by atoms with Crippen molar-refractivity contribution in [3.63, 3.8) is 0 Å². The molecule has 8 nitrogen and oxygen atoms in total. The van der Waals surface area contributed by atoms with E-state index in [0.29, 0.717) is 5.56 Å². The molecule has 1 heterocycles. The Kier molecular flexibility index (Phi) is 3.29. The highest BCUT2D eigenvalue weighted by atomic mass is 16.6. The standard InChI is InChI=1S/C15H13N5O3/c1-8-4-3-5-9(2)13(8)10-6-11-14(12(7-10)20(22)23)17-15(16)18-19(11)21/h3-7H,1-2H3,(H2,16,17,18). The zero-order valence-corrected chi connectivity index (χ0v) is 12.5. The normalized spacial score (nSPS) is 10.9. The van der Waals surface area contributed by atoms with E-state index in [1.807, 2.05) is 32.0 Å². The number of anilines is 1. The fourth-order valence-corrected chi connectivity index (χ4v) is 2.70. The number of nitro groups is 1. The van der Waals surface area contributed by atoms with Crippen LogP contribution in [0.25, 0.3) is 22.2 Å². The fraction of sp³-hybridized carbons (Fsp3) is 0.133. The highest BCUT2D eigenvalue weighted by Gasteiger charge is 2.23. The molecule has 0 saturated carbocycles. The summed E-state index contributed by atoms with van der Waals surface area (Å²) >= 11 is 0. The molecular formula is C15H13N5O3. The maximum absolute atomic E-state index is 12.0. The van der Waals surface area contributed by atoms with Crippen molar-refractivity contribution < 1.29 is 9.77 Å². The molecule has 0 aliphatic rings. The van der Waals surface area contributed by atoms with Crippen LogP contribution in [-0.2, 0) is 0 Å². The SMILES string of the molecule is Cc1cccc(C)c1-c1cc([N+](=O)[O-])c2nc(N)n[n+]([O-])c2c1. The van der Waals surface area contributed by atoms with Gasteiger partial charge in [-0.05, 0) is 40.9 Å². The van der Waals surface area contributed by atoms with Gasteiger partial charge in [-0.3, -0.25) is 10.1 Å². The van der Waals surface area contributed by atoms with Gasteiger partial charge in [-0.15, -0.1) is 0 Å². The van der Waals surface area contributed by atoms with Crippen molar-refractivity contribution in [1.29, 1.82) is 0 Å². The van der Waals surface area contributed by atoms with Gasteiger partial charge in [0.15, 0.2) is 0 Å². The van der Waals surface area contributed by atoms with Gasteiger partial charge in [0.25, 0.3) is 11.5 Å². The van der Waals surface area contributed by atoms with Crippen LogP contribution in [0.3, 0.4) is 0 Å². The number of fused-ring (bicyclic) bond motifs is 1. The molecule has 2 aromatic carbocycles. The van der Waals surface area contributed by atoms with Gasteiger partial charge in [-0.1, -0.05) is 18.2 Å². The number of aromatic nitrogens is 3. The second kappa shape index (κ2) is 5.16. The van der Waals surface area contributed by atoms with Crippen LogP contribution in [0, 0.1) is 29.2 Å². The minimum atomic E-state index is -0.577. The minimum Gasteiger partial charge on any atom is -0.594 e. The number of benzene rings is 2. The van der Waals surface area contributed by atoms with Gasteiger partial charge < -0.3 is 10.9 Å². The first kappa shape index (κ1) is 14.6. The van der Waals surface area contributed by atoms with E-state index in [-0.39, 0.29) is 27.5 Å². The Bertz CT molecular complexity index is 935. The van der Waals surface area contributed by atoms with E-state index < -0.39 is 4.92 Å². The summed E-state index contributed by atoms with van der Waals surface area (Å²) in [6, 6.07) is 8.67. The third kappa shape index (κ3) is 2.39. The average Bonchev–Trinajstić information content (AvgIpc) is 2.46. The first-order valence-electron chi connectivity index (χ1n) is 6.80. The molecule has 0 aliphatic heterocycles. The molecule has 0 amide bonds. The number of hydrogen-bond acceptors (Lipinski definition) is 6. The number of nitrogen functional groups attached to an aromatic ring is 1. The number of non-ortho nitro benzene ring substituents is 1. The predicted molar refractivity (Wildman–Crippen MR) is 84.5 cm³/mol. The summed E-state index contributed by atoms with van der Waals surface area (Å²) in [5.74, 6) is -0.310. The molecule has 0 aliphatic carbocycles. The van der Waals surface area contributed by atoms with Crippen molar-refractivity contribution >= 4 is 22.7 Å². The van der Waals surface area contributed by atoms with Gasteiger partial charge in [0.05, 0.1) is 10.0 Å². The molecule has 3 aromatic rings. The van der Waals surface area contributed by atoms with Crippen LogP contribution >= 0.6 is 0 Å². The lowest BCUT2D eigenvalue weighted by Crippen LogP contribution is -2.33. The van der Waals surface area contributed by atoms with Gasteiger partial charge in [0.2, 0.25) is 5.52 Å². The molecule has 23 heavy (non-hydrogen) atoms. The van der Waals surface area contributed by atoms with Crippen LogP contribution in [0.4, 0.5) is 11.6 Å². The van der Waals surface area contributed by atoms with Crippen molar-refractivity contribution in [2.45, 2.75) is 13.8 Å². The number of nitrogens with two attached hydrogens (primary N) is 1. The van der Waals surface area contributed by atoms with Gasteiger partial charge in [-0.2, -0.15) is 4.98 Å². The van der Waals surface area contributed by atoms with E-state index in [1.165, 1.54) is 6.07 Å². The number of nitro benzene ring substituents is 1. The summed E-state index contributed by atoms with van der Waals surface area (Å²) < 4.78 is 0. The minimum absolute atomic E-state index is 0.00560. The maximum Gasteiger partial charge on any atom is 0.302 e. The monoisotopic (exact) mass is 311 g/mol. The molecule has 0 radical (unpaired) electrons. The zero-order valence-electron chi connectivity index (χ0n) is 12.5. The van der Waals surface area contributed by atoms with Crippen molar-refractivity contribution in [3.05, 3.63) is 56.8 Å². The van der Waals surface area contributed by atoms with Crippen LogP contribution in [0.1, 0.15) is 11.1 Å². The van der Waals surface area contributed by atoms with E-state index in [0.717, 1.165) is 16.7 Å². The largest absolute Gasteiger partial charge is 0.594 e. The Morgan fingerprint density at radius 3 is 2.48 bits per heavy atom. The molecule has 0 bridgehead atoms. The third-order valence-corrected chi connectivity index (χ3v) is 3.66. The molecule has 0 saturated heterocycles. The molecule has 2 N–H and O–H groups in total. The summed E-state index contributed by atoms with van der Waals surface area (Å²) in [5, 5.41) is 26.9. The molecule has 8 heteroatoms. The topological polar surface area (TPSA) is 122 Å². The predicted octanol–water partition coefficient (Wildman–Crippen LogP) is 2.04. The van der Waals surface area contributed by atoms with E-state index >= 15 is 0 Å². The Morgan fingerprint density at radius 2 is 1.87 bits per heavy atom. The van der Waals surface area contributed by atoms with Crippen molar-refractivity contribution in [3.8, 4) is 11.1 Å². The highest BCUT2D eigenvalue weighted by Crippen LogP contribution is 2.33. The quantitative estimate of drug-likeness (QED) is 0.334. The van der Waals surface area contributed by atoms with Gasteiger partial charge >= 0.3 is 5.69 Å². The fourth-order valence-electron chi connectivity index (χ4n) is 2.70. The summed E-state index contributed by atoms with van der Waals surface area (Å²) in [5.41, 5.74) is 8.39. The Morgan fingerprint density at radius 1 is 1.22 bits per heavy atom. The Balaban J connectivity index is 2.43. The van der Waals surface area contributed by atoms with Crippen molar-refractivity contribution in [2.75, 3.05) is 5.73 Å². The second-order valence-electron chi connectivity index (χ2n) is 5.23. The molecule has 3 rings (SSSR count). The molecular weight excluding hydrogens is 298 g/mol. The molecule has 116 valence electrons. The Labute approximate surface area is 130 Å². The number of hydrogen-bond donors (Lipinski definition) is 1. The van der Waals surface area contributed by atoms with Crippen LogP contribution in [-0.4, -0.2) is 15.0 Å². The average molecular weight is 311 g/mol. The highest BCUT2D eigenvalue weighted by molar-refractivity contribution is 5.89. The molecule has 0 unspecified atom stereocenters. The van der Waals surface area contributed by atoms with E-state index in [4.69, 9.17) is 5.73 Å². The lowest BCUT2D eigenvalue weighted by Gasteiger charge is -2.10. The summed E-state index contributed by atoms with van der Waals surface area (Å²) in [6.45, 7) is 3.81. The zero-order chi connectivity index (χ0) is 16.7. The summed E-state index contributed by atoms with van der Waals surface area (Å²) in [7, 11) is 0. The maximum atomic E-state index is 12.0. The molecule has 0 fully saturated rings. The van der Waals surface area contributed by atoms with Crippen LogP contribution < -0.4 is 10.6 Å². The summed E-state index contributed by atoms with van der Waals surface area (Å²) in [4.78, 5) is 14.9. The Hall–Kier alpha value is -3.29. The lowest BCUT2D eigenvalue weighted by atomic mass is 9.95. The molecule has 0 spiro atoms. The van der Waals surface area contributed by atoms with Crippen LogP contribution in [0.2, 0.25) is 0 Å². The number of aryl methyl sites for hydroxylation is 2. The van der Waals surface area contributed by atoms with E-state index in [2.05, 4.69) is 10.1 Å². The van der Waals surface area contributed by atoms with Crippen LogP contribution in [0.15, 0.2) is 30.3 Å². The first-order valence-corrected chi connectivity index (χ1v) is 6.80. The van der Waals surface area contributed by atoms with Gasteiger partial charge in [-0.25, -0.2) is 0 Å².